The van der Waals surface area contributed by atoms with Gasteiger partial charge in [-0.15, -0.1) is 0 Å². The minimum Gasteiger partial charge on any atom is -0.493 e. The van der Waals surface area contributed by atoms with Gasteiger partial charge in [0.05, 0.1) is 28.4 Å². The van der Waals surface area contributed by atoms with Gasteiger partial charge < -0.3 is 28.5 Å². The van der Waals surface area contributed by atoms with Gasteiger partial charge in [0.25, 0.3) is 0 Å². The summed E-state index contributed by atoms with van der Waals surface area (Å²) in [6.45, 7) is 0. The van der Waals surface area contributed by atoms with E-state index in [1.54, 1.807) is 40.6 Å². The van der Waals surface area contributed by atoms with E-state index < -0.39 is 11.8 Å². The Balaban J connectivity index is 2.19. The maximum atomic E-state index is 11.7. The third-order valence-electron chi connectivity index (χ3n) is 4.74. The third kappa shape index (κ3) is 5.03. The summed E-state index contributed by atoms with van der Waals surface area (Å²) in [5, 5.41) is 0. The van der Waals surface area contributed by atoms with Gasteiger partial charge in [-0.3, -0.25) is 0 Å². The van der Waals surface area contributed by atoms with Crippen LogP contribution in [0.25, 0.3) is 0 Å². The van der Waals surface area contributed by atoms with Crippen molar-refractivity contribution in [1.29, 1.82) is 0 Å². The third-order valence-corrected chi connectivity index (χ3v) is 4.74. The van der Waals surface area contributed by atoms with Gasteiger partial charge in [-0.2, -0.15) is 0 Å². The highest BCUT2D eigenvalue weighted by atomic mass is 16.5. The Morgan fingerprint density at radius 1 is 0.643 bits per heavy atom. The first-order valence-corrected chi connectivity index (χ1v) is 8.92. The largest absolute Gasteiger partial charge is 0.493 e. The van der Waals surface area contributed by atoms with E-state index in [2.05, 4.69) is 0 Å². The summed E-state index contributed by atoms with van der Waals surface area (Å²) in [5.41, 5.74) is 1.79. The first-order valence-electron chi connectivity index (χ1n) is 8.92. The van der Waals surface area contributed by atoms with Crippen LogP contribution in [0.2, 0.25) is 0 Å². The normalized spacial score (nSPS) is 12.6. The topological polar surface area (TPSA) is 71.1 Å². The van der Waals surface area contributed by atoms with E-state index in [1.165, 1.54) is 0 Å². The van der Waals surface area contributed by atoms with Crippen molar-refractivity contribution in [3.63, 3.8) is 0 Å². The van der Waals surface area contributed by atoms with Crippen molar-refractivity contribution in [3.8, 4) is 23.0 Å². The van der Waals surface area contributed by atoms with Crippen LogP contribution in [0.4, 0.5) is 0 Å². The van der Waals surface area contributed by atoms with Crippen LogP contribution >= 0.6 is 0 Å². The number of benzene rings is 2. The van der Waals surface area contributed by atoms with Crippen LogP contribution in [0.5, 0.6) is 23.0 Å². The van der Waals surface area contributed by atoms with Crippen molar-refractivity contribution >= 4 is 12.6 Å². The summed E-state index contributed by atoms with van der Waals surface area (Å²) in [6.07, 6.45) is 2.55. The molecule has 6 heteroatoms. The molecule has 0 saturated carbocycles. The van der Waals surface area contributed by atoms with Crippen molar-refractivity contribution in [2.24, 2.45) is 11.8 Å². The van der Waals surface area contributed by atoms with Gasteiger partial charge in [0.1, 0.15) is 12.6 Å². The molecule has 2 rings (SSSR count). The fraction of sp³-hybridized carbons (Fsp3) is 0.364. The Bertz CT molecular complexity index is 734. The molecule has 2 atom stereocenters. The average molecular weight is 386 g/mol. The summed E-state index contributed by atoms with van der Waals surface area (Å²) >= 11 is 0. The monoisotopic (exact) mass is 386 g/mol. The smallest absolute Gasteiger partial charge is 0.160 e. The van der Waals surface area contributed by atoms with Gasteiger partial charge in [-0.25, -0.2) is 0 Å². The molecule has 0 spiro atoms. The van der Waals surface area contributed by atoms with Crippen LogP contribution in [0.15, 0.2) is 36.4 Å². The van der Waals surface area contributed by atoms with Crippen LogP contribution in [-0.2, 0) is 22.4 Å². The second-order valence-electron chi connectivity index (χ2n) is 6.39. The molecule has 0 N–H and O–H groups in total. The Hall–Kier alpha value is -3.02. The highest BCUT2D eigenvalue weighted by molar-refractivity contribution is 5.66. The molecule has 0 heterocycles. The first-order chi connectivity index (χ1) is 13.6. The SMILES string of the molecule is COc1ccc(C[C@@H](C=O)[C@@H](C=O)Cc2ccc(OC)c(OC)c2)cc1OC. The van der Waals surface area contributed by atoms with Crippen molar-refractivity contribution in [2.45, 2.75) is 12.8 Å². The molecule has 6 nitrogen and oxygen atoms in total. The predicted octanol–water partition coefficient (Wildman–Crippen LogP) is 3.14. The molecule has 0 amide bonds. The zero-order chi connectivity index (χ0) is 20.5. The quantitative estimate of drug-likeness (QED) is 0.553. The van der Waals surface area contributed by atoms with E-state index in [-0.39, 0.29) is 0 Å². The standard InChI is InChI=1S/C22H26O6/c1-25-19-7-5-15(11-21(19)27-3)9-17(13-23)18(14-24)10-16-6-8-20(26-2)22(12-16)28-4/h5-8,11-14,17-18H,9-10H2,1-4H3/t17-,18+. The Morgan fingerprint density at radius 2 is 1.00 bits per heavy atom. The second-order valence-corrected chi connectivity index (χ2v) is 6.39. The van der Waals surface area contributed by atoms with Gasteiger partial charge in [-0.1, -0.05) is 12.1 Å². The van der Waals surface area contributed by atoms with Crippen molar-refractivity contribution in [2.75, 3.05) is 28.4 Å². The van der Waals surface area contributed by atoms with E-state index >= 15 is 0 Å². The number of rotatable bonds is 11. The molecule has 0 aliphatic carbocycles. The van der Waals surface area contributed by atoms with Crippen LogP contribution in [0.3, 0.4) is 0 Å². The summed E-state index contributed by atoms with van der Waals surface area (Å²) in [4.78, 5) is 23.5. The van der Waals surface area contributed by atoms with Gasteiger partial charge in [0.15, 0.2) is 23.0 Å². The van der Waals surface area contributed by atoms with Crippen molar-refractivity contribution in [3.05, 3.63) is 47.5 Å². The van der Waals surface area contributed by atoms with Crippen molar-refractivity contribution in [1.82, 2.24) is 0 Å². The van der Waals surface area contributed by atoms with E-state index in [9.17, 15) is 9.59 Å². The molecule has 28 heavy (non-hydrogen) atoms. The minimum atomic E-state index is -0.455. The number of carbonyl (C=O) groups is 2. The molecule has 0 radical (unpaired) electrons. The van der Waals surface area contributed by atoms with E-state index in [0.717, 1.165) is 23.7 Å². The molecule has 0 saturated heterocycles. The Labute approximate surface area is 165 Å². The molecule has 0 aliphatic heterocycles. The van der Waals surface area contributed by atoms with Gasteiger partial charge in [0, 0.05) is 11.8 Å². The van der Waals surface area contributed by atoms with Crippen molar-refractivity contribution < 1.29 is 28.5 Å². The van der Waals surface area contributed by atoms with E-state index in [0.29, 0.717) is 35.8 Å². The molecular formula is C22H26O6. The Morgan fingerprint density at radius 3 is 1.29 bits per heavy atom. The van der Waals surface area contributed by atoms with E-state index in [1.807, 2.05) is 24.3 Å². The number of aldehydes is 2. The summed E-state index contributed by atoms with van der Waals surface area (Å²) in [6, 6.07) is 11.0. The minimum absolute atomic E-state index is 0.431. The van der Waals surface area contributed by atoms with Crippen LogP contribution in [0, 0.1) is 11.8 Å². The van der Waals surface area contributed by atoms with E-state index in [4.69, 9.17) is 18.9 Å². The lowest BCUT2D eigenvalue weighted by atomic mass is 9.84. The second kappa shape index (κ2) is 10.3. The molecule has 0 fully saturated rings. The molecule has 0 aromatic heterocycles. The van der Waals surface area contributed by atoms with Gasteiger partial charge in [-0.05, 0) is 48.2 Å². The number of hydrogen-bond acceptors (Lipinski definition) is 6. The number of ether oxygens (including phenoxy) is 4. The highest BCUT2D eigenvalue weighted by Gasteiger charge is 2.23. The average Bonchev–Trinajstić information content (AvgIpc) is 2.75. The zero-order valence-corrected chi connectivity index (χ0v) is 16.6. The molecule has 2 aromatic carbocycles. The molecule has 0 unspecified atom stereocenters. The maximum Gasteiger partial charge on any atom is 0.160 e. The van der Waals surface area contributed by atoms with Crippen LogP contribution in [0.1, 0.15) is 11.1 Å². The lowest BCUT2D eigenvalue weighted by Gasteiger charge is -2.19. The summed E-state index contributed by atoms with van der Waals surface area (Å²) in [5.74, 6) is 1.50. The summed E-state index contributed by atoms with van der Waals surface area (Å²) < 4.78 is 21.1. The molecule has 0 aliphatic rings. The Kier molecular flexibility index (Phi) is 7.87. The number of methoxy groups -OCH3 is 4. The van der Waals surface area contributed by atoms with Gasteiger partial charge >= 0.3 is 0 Å². The number of carbonyl (C=O) groups excluding carboxylic acids is 2. The lowest BCUT2D eigenvalue weighted by molar-refractivity contribution is -0.119. The lowest BCUT2D eigenvalue weighted by Crippen LogP contribution is -2.22. The molecule has 2 aromatic rings. The maximum absolute atomic E-state index is 11.7. The molecular weight excluding hydrogens is 360 g/mol. The van der Waals surface area contributed by atoms with Crippen LogP contribution < -0.4 is 18.9 Å². The predicted molar refractivity (Wildman–Crippen MR) is 106 cm³/mol. The van der Waals surface area contributed by atoms with Gasteiger partial charge in [0.2, 0.25) is 0 Å². The summed E-state index contributed by atoms with van der Waals surface area (Å²) in [7, 11) is 6.25. The molecule has 0 bridgehead atoms. The fourth-order valence-electron chi connectivity index (χ4n) is 3.16. The zero-order valence-electron chi connectivity index (χ0n) is 16.6. The fourth-order valence-corrected chi connectivity index (χ4v) is 3.16. The first kappa shape index (κ1) is 21.3. The molecule has 150 valence electrons. The number of hydrogen-bond donors (Lipinski definition) is 0. The highest BCUT2D eigenvalue weighted by Crippen LogP contribution is 2.31. The van der Waals surface area contributed by atoms with Crippen LogP contribution in [-0.4, -0.2) is 41.0 Å².